The molecule has 14 heavy (non-hydrogen) atoms. The van der Waals surface area contributed by atoms with E-state index in [1.54, 1.807) is 0 Å². The Kier molecular flexibility index (Phi) is 3.04. The van der Waals surface area contributed by atoms with Gasteiger partial charge in [0.2, 0.25) is 0 Å². The fourth-order valence-electron chi connectivity index (χ4n) is 1.85. The molecule has 2 radical (unpaired) electrons. The lowest BCUT2D eigenvalue weighted by Crippen LogP contribution is -2.27. The molecule has 2 atom stereocenters. The maximum absolute atomic E-state index is 11.3. The Balaban J connectivity index is 1.91. The Labute approximate surface area is 84.5 Å². The molecule has 0 aromatic heterocycles. The van der Waals surface area contributed by atoms with Gasteiger partial charge in [-0.05, 0) is 37.5 Å². The second kappa shape index (κ2) is 4.47. The van der Waals surface area contributed by atoms with Crippen molar-refractivity contribution in [1.82, 2.24) is 0 Å². The summed E-state index contributed by atoms with van der Waals surface area (Å²) < 4.78 is 5.71. The van der Waals surface area contributed by atoms with Gasteiger partial charge in [0, 0.05) is 6.42 Å². The predicted octanol–water partition coefficient (Wildman–Crippen LogP) is 2.61. The molecule has 0 spiro atoms. The van der Waals surface area contributed by atoms with E-state index in [2.05, 4.69) is 6.07 Å². The van der Waals surface area contributed by atoms with Crippen LogP contribution in [0.5, 0.6) is 5.75 Å². The zero-order valence-corrected chi connectivity index (χ0v) is 8.11. The van der Waals surface area contributed by atoms with E-state index in [-0.39, 0.29) is 6.10 Å². The molecule has 0 aliphatic heterocycles. The predicted molar refractivity (Wildman–Crippen MR) is 52.6 cm³/mol. The van der Waals surface area contributed by atoms with Crippen LogP contribution >= 0.6 is 0 Å². The van der Waals surface area contributed by atoms with E-state index in [1.165, 1.54) is 0 Å². The topological polar surface area (TPSA) is 29.1 Å². The molecule has 1 aromatic carbocycles. The molecule has 1 fully saturated rings. The van der Waals surface area contributed by atoms with E-state index >= 15 is 0 Å². The summed E-state index contributed by atoms with van der Waals surface area (Å²) in [5, 5.41) is 11.3. The van der Waals surface area contributed by atoms with Crippen molar-refractivity contribution in [2.45, 2.75) is 37.9 Å². The van der Waals surface area contributed by atoms with Crippen molar-refractivity contribution in [1.29, 1.82) is 0 Å². The first-order valence-electron chi connectivity index (χ1n) is 5.13. The van der Waals surface area contributed by atoms with Gasteiger partial charge >= 0.3 is 0 Å². The maximum Gasteiger partial charge on any atom is 0.119 e. The van der Waals surface area contributed by atoms with Gasteiger partial charge in [-0.3, -0.25) is 0 Å². The fraction of sp³-hybridized carbons (Fsp3) is 0.500. The van der Waals surface area contributed by atoms with E-state index in [0.717, 1.165) is 25.0 Å². The van der Waals surface area contributed by atoms with Crippen LogP contribution in [0.25, 0.3) is 0 Å². The van der Waals surface area contributed by atoms with Crippen LogP contribution in [0.4, 0.5) is 0 Å². The Bertz CT molecular complexity index is 271. The van der Waals surface area contributed by atoms with Crippen molar-refractivity contribution >= 4 is 0 Å². The zero-order valence-electron chi connectivity index (χ0n) is 8.11. The molecule has 74 valence electrons. The van der Waals surface area contributed by atoms with Gasteiger partial charge in [0.05, 0.1) is 6.10 Å². The number of hydrogen-bond donors (Lipinski definition) is 0. The van der Waals surface area contributed by atoms with E-state index in [0.29, 0.717) is 6.42 Å². The molecule has 0 N–H and O–H groups in total. The average Bonchev–Trinajstić information content (AvgIpc) is 2.19. The van der Waals surface area contributed by atoms with Crippen LogP contribution in [0.1, 0.15) is 25.7 Å². The quantitative estimate of drug-likeness (QED) is 0.704. The lowest BCUT2D eigenvalue weighted by molar-refractivity contribution is 0.00881. The molecule has 2 unspecified atom stereocenters. The Morgan fingerprint density at radius 3 is 2.79 bits per heavy atom. The molecule has 1 saturated carbocycles. The van der Waals surface area contributed by atoms with Gasteiger partial charge in [-0.15, -0.1) is 0 Å². The molecule has 1 aliphatic carbocycles. The molecule has 0 bridgehead atoms. The van der Waals surface area contributed by atoms with Crippen molar-refractivity contribution in [3.8, 4) is 5.75 Å². The summed E-state index contributed by atoms with van der Waals surface area (Å²) in [6.07, 6.45) is 3.16. The van der Waals surface area contributed by atoms with Gasteiger partial charge in [0.25, 0.3) is 0 Å². The van der Waals surface area contributed by atoms with Gasteiger partial charge in [-0.1, -0.05) is 12.1 Å². The molecule has 2 heteroatoms. The van der Waals surface area contributed by atoms with Gasteiger partial charge in [-0.25, -0.2) is 5.11 Å². The van der Waals surface area contributed by atoms with E-state index in [9.17, 15) is 5.11 Å². The van der Waals surface area contributed by atoms with Crippen LogP contribution in [-0.4, -0.2) is 12.2 Å². The molecule has 1 aliphatic rings. The van der Waals surface area contributed by atoms with Crippen LogP contribution in [-0.2, 0) is 5.11 Å². The van der Waals surface area contributed by atoms with E-state index < -0.39 is 6.10 Å². The lowest BCUT2D eigenvalue weighted by atomic mass is 9.95. The molecule has 0 amide bonds. The molecular formula is C12H14O2. The first-order valence-corrected chi connectivity index (χ1v) is 5.13. The van der Waals surface area contributed by atoms with Crippen molar-refractivity contribution in [3.05, 3.63) is 30.3 Å². The molecular weight excluding hydrogens is 176 g/mol. The summed E-state index contributed by atoms with van der Waals surface area (Å²) in [6, 6.07) is 10.4. The van der Waals surface area contributed by atoms with Crippen LogP contribution in [0.3, 0.4) is 0 Å². The third kappa shape index (κ3) is 2.48. The highest BCUT2D eigenvalue weighted by molar-refractivity contribution is 5.20. The third-order valence-electron chi connectivity index (χ3n) is 2.57. The summed E-state index contributed by atoms with van der Waals surface area (Å²) in [5.41, 5.74) is 0. The fourth-order valence-corrected chi connectivity index (χ4v) is 1.85. The molecule has 2 rings (SSSR count). The molecule has 0 saturated heterocycles. The van der Waals surface area contributed by atoms with Crippen molar-refractivity contribution in [2.24, 2.45) is 0 Å². The standard InChI is InChI=1S/C12H14O2/c13-10-5-4-8-12(9-10)14-11-6-2-1-3-7-11/h2-3,6-7,10,12H,4-5,8-9H2. The summed E-state index contributed by atoms with van der Waals surface area (Å²) >= 11 is 0. The second-order valence-corrected chi connectivity index (χ2v) is 3.76. The van der Waals surface area contributed by atoms with Crippen LogP contribution in [0, 0.1) is 6.07 Å². The number of hydrogen-bond acceptors (Lipinski definition) is 1. The van der Waals surface area contributed by atoms with Crippen molar-refractivity contribution in [3.63, 3.8) is 0 Å². The lowest BCUT2D eigenvalue weighted by Gasteiger charge is -2.25. The first-order chi connectivity index (χ1) is 6.84. The number of rotatable bonds is 2. The van der Waals surface area contributed by atoms with Crippen LogP contribution < -0.4 is 4.74 Å². The normalized spacial score (nSPS) is 27.2. The number of benzene rings is 1. The Hall–Kier alpha value is -1.02. The highest BCUT2D eigenvalue weighted by Gasteiger charge is 2.22. The minimum atomic E-state index is -0.427. The van der Waals surface area contributed by atoms with Gasteiger partial charge in [0.15, 0.2) is 0 Å². The van der Waals surface area contributed by atoms with Crippen molar-refractivity contribution in [2.75, 3.05) is 0 Å². The van der Waals surface area contributed by atoms with Gasteiger partial charge in [0.1, 0.15) is 11.9 Å². The van der Waals surface area contributed by atoms with Crippen LogP contribution in [0.2, 0.25) is 0 Å². The number of ether oxygens (including phenoxy) is 1. The first kappa shape index (κ1) is 9.53. The summed E-state index contributed by atoms with van der Waals surface area (Å²) in [5.74, 6) is 0.850. The smallest absolute Gasteiger partial charge is 0.119 e. The van der Waals surface area contributed by atoms with Gasteiger partial charge < -0.3 is 4.74 Å². The van der Waals surface area contributed by atoms with Gasteiger partial charge in [-0.2, -0.15) is 0 Å². The summed E-state index contributed by atoms with van der Waals surface area (Å²) in [6.45, 7) is 0. The minimum absolute atomic E-state index is 0.119. The molecule has 0 heterocycles. The van der Waals surface area contributed by atoms with E-state index in [1.807, 2.05) is 24.3 Å². The third-order valence-corrected chi connectivity index (χ3v) is 2.57. The Morgan fingerprint density at radius 1 is 1.29 bits per heavy atom. The largest absolute Gasteiger partial charge is 0.490 e. The molecule has 1 aromatic rings. The Morgan fingerprint density at radius 2 is 2.07 bits per heavy atom. The highest BCUT2D eigenvalue weighted by atomic mass is 16.5. The summed E-state index contributed by atoms with van der Waals surface area (Å²) in [4.78, 5) is 0. The highest BCUT2D eigenvalue weighted by Crippen LogP contribution is 2.23. The monoisotopic (exact) mass is 190 g/mol. The maximum atomic E-state index is 11.3. The molecule has 2 nitrogen and oxygen atoms in total. The van der Waals surface area contributed by atoms with E-state index in [4.69, 9.17) is 4.74 Å². The van der Waals surface area contributed by atoms with Crippen molar-refractivity contribution < 1.29 is 9.84 Å². The summed E-state index contributed by atoms with van der Waals surface area (Å²) in [7, 11) is 0. The van der Waals surface area contributed by atoms with Crippen LogP contribution in [0.15, 0.2) is 24.3 Å². The average molecular weight is 190 g/mol. The SMILES string of the molecule is [O]C1CCCC(Oc2cc[c]cc2)C1. The zero-order chi connectivity index (χ0) is 9.80. The second-order valence-electron chi connectivity index (χ2n) is 3.76. The minimum Gasteiger partial charge on any atom is -0.490 e.